The van der Waals surface area contributed by atoms with Crippen LogP contribution in [0.25, 0.3) is 0 Å². The number of halogens is 2. The van der Waals surface area contributed by atoms with Gasteiger partial charge in [-0.2, -0.15) is 0 Å². The van der Waals surface area contributed by atoms with Crippen LogP contribution in [0.4, 0.5) is 0 Å². The Balaban J connectivity index is 2.54. The average Bonchev–Trinajstić information content (AvgIpc) is 1.38. The molecule has 5 heavy (non-hydrogen) atoms. The van der Waals surface area contributed by atoms with Crippen LogP contribution in [0.3, 0.4) is 0 Å². The molecule has 1 nitrogen and oxygen atoms in total. The summed E-state index contributed by atoms with van der Waals surface area (Å²) in [5.74, 6) is 0. The van der Waals surface area contributed by atoms with E-state index in [1.54, 1.807) is 0 Å². The highest BCUT2D eigenvalue weighted by Gasteiger charge is 1.86. The molecular formula is C2H4Br2O. The number of aliphatic hydroxyl groups is 1. The molecule has 1 N–H and O–H groups in total. The first-order valence-corrected chi connectivity index (χ1v) is 3.19. The summed E-state index contributed by atoms with van der Waals surface area (Å²) in [7, 11) is 0. The lowest BCUT2D eigenvalue weighted by molar-refractivity contribution is 0.296. The van der Waals surface area contributed by atoms with Gasteiger partial charge in [0, 0.05) is 5.33 Å². The molecule has 0 aromatic carbocycles. The Morgan fingerprint density at radius 2 is 2.00 bits per heavy atom. The Kier molecular flexibility index (Phi) is 3.70. The normalized spacial score (nSPS) is 15.0. The minimum absolute atomic E-state index is 0.387. The van der Waals surface area contributed by atoms with Crippen molar-refractivity contribution in [3.8, 4) is 0 Å². The molecule has 0 aromatic rings. The molecule has 0 bridgehead atoms. The Bertz CT molecular complexity index is 21.6. The van der Waals surface area contributed by atoms with Gasteiger partial charge in [0.2, 0.25) is 0 Å². The van der Waals surface area contributed by atoms with E-state index >= 15 is 0 Å². The molecule has 0 rings (SSSR count). The third-order valence-corrected chi connectivity index (χ3v) is 1.93. The van der Waals surface area contributed by atoms with Crippen LogP contribution in [0, 0.1) is 0 Å². The van der Waals surface area contributed by atoms with E-state index in [4.69, 9.17) is 5.11 Å². The quantitative estimate of drug-likeness (QED) is 0.633. The van der Waals surface area contributed by atoms with Crippen molar-refractivity contribution in [2.24, 2.45) is 0 Å². The standard InChI is InChI=1S/C2H4Br2O/c3-1-2(4)5/h2,5H,1H2. The van der Waals surface area contributed by atoms with Crippen LogP contribution >= 0.6 is 31.9 Å². The second-order valence-corrected chi connectivity index (χ2v) is 2.29. The first-order valence-electron chi connectivity index (χ1n) is 1.15. The van der Waals surface area contributed by atoms with E-state index in [1.807, 2.05) is 0 Å². The van der Waals surface area contributed by atoms with E-state index in [9.17, 15) is 0 Å². The molecule has 1 unspecified atom stereocenters. The van der Waals surface area contributed by atoms with Gasteiger partial charge in [0.1, 0.15) is 5.01 Å². The van der Waals surface area contributed by atoms with E-state index in [-0.39, 0.29) is 5.01 Å². The highest BCUT2D eigenvalue weighted by atomic mass is 79.9. The van der Waals surface area contributed by atoms with E-state index < -0.39 is 0 Å². The summed E-state index contributed by atoms with van der Waals surface area (Å²) >= 11 is 5.90. The number of aliphatic hydroxyl groups excluding tert-OH is 1. The van der Waals surface area contributed by atoms with Crippen molar-refractivity contribution < 1.29 is 5.11 Å². The van der Waals surface area contributed by atoms with Crippen LogP contribution in [-0.4, -0.2) is 15.4 Å². The molecule has 0 amide bonds. The Morgan fingerprint density at radius 3 is 2.00 bits per heavy atom. The lowest BCUT2D eigenvalue weighted by atomic mass is 10.9. The molecule has 0 radical (unpaired) electrons. The molecule has 0 aliphatic carbocycles. The first-order chi connectivity index (χ1) is 2.27. The van der Waals surface area contributed by atoms with Crippen LogP contribution in [0.15, 0.2) is 0 Å². The number of hydrogen-bond donors (Lipinski definition) is 1. The molecule has 0 aliphatic heterocycles. The summed E-state index contributed by atoms with van der Waals surface area (Å²) < 4.78 is 0. The van der Waals surface area contributed by atoms with Crippen molar-refractivity contribution in [2.75, 3.05) is 5.33 Å². The molecular weight excluding hydrogens is 200 g/mol. The monoisotopic (exact) mass is 202 g/mol. The fraction of sp³-hybridized carbons (Fsp3) is 1.00. The second-order valence-electron chi connectivity index (χ2n) is 0.589. The summed E-state index contributed by atoms with van der Waals surface area (Å²) in [5.41, 5.74) is 0. The highest BCUT2D eigenvalue weighted by Crippen LogP contribution is 1.95. The van der Waals surface area contributed by atoms with Crippen molar-refractivity contribution in [1.82, 2.24) is 0 Å². The smallest absolute Gasteiger partial charge is 0.118 e. The Hall–Kier alpha value is 0.920. The average molecular weight is 204 g/mol. The maximum Gasteiger partial charge on any atom is 0.118 e. The zero-order chi connectivity index (χ0) is 4.28. The molecule has 32 valence electrons. The van der Waals surface area contributed by atoms with Crippen LogP contribution in [0.1, 0.15) is 0 Å². The Labute approximate surface area is 47.6 Å². The molecule has 0 spiro atoms. The maximum absolute atomic E-state index is 8.23. The van der Waals surface area contributed by atoms with Gasteiger partial charge in [-0.05, 0) is 0 Å². The van der Waals surface area contributed by atoms with Crippen LogP contribution in [-0.2, 0) is 0 Å². The van der Waals surface area contributed by atoms with Gasteiger partial charge in [-0.3, -0.25) is 0 Å². The van der Waals surface area contributed by atoms with Crippen molar-refractivity contribution in [2.45, 2.75) is 5.01 Å². The molecule has 0 aliphatic rings. The zero-order valence-electron chi connectivity index (χ0n) is 2.49. The minimum atomic E-state index is -0.387. The number of alkyl halides is 2. The van der Waals surface area contributed by atoms with Gasteiger partial charge >= 0.3 is 0 Å². The van der Waals surface area contributed by atoms with Gasteiger partial charge in [-0.25, -0.2) is 0 Å². The molecule has 0 fully saturated rings. The van der Waals surface area contributed by atoms with Gasteiger partial charge in [0.15, 0.2) is 0 Å². The SMILES string of the molecule is OC(Br)CBr. The topological polar surface area (TPSA) is 20.2 Å². The minimum Gasteiger partial charge on any atom is -0.381 e. The summed E-state index contributed by atoms with van der Waals surface area (Å²) in [6.07, 6.45) is 0. The molecule has 0 heterocycles. The van der Waals surface area contributed by atoms with E-state index in [1.165, 1.54) is 0 Å². The highest BCUT2D eigenvalue weighted by molar-refractivity contribution is 9.12. The fourth-order valence-corrected chi connectivity index (χ4v) is 0. The van der Waals surface area contributed by atoms with Gasteiger partial charge in [-0.15, -0.1) is 0 Å². The summed E-state index contributed by atoms with van der Waals surface area (Å²) in [6, 6.07) is 0. The second kappa shape index (κ2) is 3.12. The molecule has 3 heteroatoms. The van der Waals surface area contributed by atoms with Crippen molar-refractivity contribution in [3.63, 3.8) is 0 Å². The van der Waals surface area contributed by atoms with Crippen LogP contribution < -0.4 is 0 Å². The summed E-state index contributed by atoms with van der Waals surface area (Å²) in [6.45, 7) is 0. The molecule has 1 atom stereocenters. The largest absolute Gasteiger partial charge is 0.381 e. The first kappa shape index (κ1) is 5.92. The van der Waals surface area contributed by atoms with E-state index in [0.717, 1.165) is 0 Å². The lowest BCUT2D eigenvalue weighted by Crippen LogP contribution is -1.92. The van der Waals surface area contributed by atoms with Crippen molar-refractivity contribution in [1.29, 1.82) is 0 Å². The maximum atomic E-state index is 8.23. The van der Waals surface area contributed by atoms with E-state index in [2.05, 4.69) is 31.9 Å². The third kappa shape index (κ3) is 4.92. The predicted molar refractivity (Wildman–Crippen MR) is 28.7 cm³/mol. The fourth-order valence-electron chi connectivity index (χ4n) is 0. The molecule has 0 aromatic heterocycles. The number of rotatable bonds is 1. The lowest BCUT2D eigenvalue weighted by Gasteiger charge is -1.86. The number of hydrogen-bond acceptors (Lipinski definition) is 1. The molecule has 0 saturated heterocycles. The molecule has 0 saturated carbocycles. The predicted octanol–water partition coefficient (Wildman–Crippen LogP) is 1.09. The van der Waals surface area contributed by atoms with E-state index in [0.29, 0.717) is 5.33 Å². The summed E-state index contributed by atoms with van der Waals surface area (Å²) in [4.78, 5) is 0. The summed E-state index contributed by atoms with van der Waals surface area (Å²) in [5, 5.41) is 8.43. The van der Waals surface area contributed by atoms with Gasteiger partial charge in [-0.1, -0.05) is 31.9 Å². The van der Waals surface area contributed by atoms with Gasteiger partial charge in [0.25, 0.3) is 0 Å². The third-order valence-electron chi connectivity index (χ3n) is 0.127. The van der Waals surface area contributed by atoms with Crippen molar-refractivity contribution in [3.05, 3.63) is 0 Å². The van der Waals surface area contributed by atoms with Crippen LogP contribution in [0.2, 0.25) is 0 Å². The van der Waals surface area contributed by atoms with Gasteiger partial charge < -0.3 is 5.11 Å². The van der Waals surface area contributed by atoms with Crippen LogP contribution in [0.5, 0.6) is 0 Å². The van der Waals surface area contributed by atoms with Gasteiger partial charge in [0.05, 0.1) is 0 Å². The Morgan fingerprint density at radius 1 is 1.80 bits per heavy atom. The van der Waals surface area contributed by atoms with Crippen molar-refractivity contribution >= 4 is 31.9 Å². The zero-order valence-corrected chi connectivity index (χ0v) is 5.66.